The number of hydrogen-bond donors (Lipinski definition) is 1. The SMILES string of the molecule is CC(C)CC(C)(O)C1CCC1. The fraction of sp³-hybridized carbons (Fsp3) is 1.00. The zero-order valence-electron chi connectivity index (χ0n) is 7.93. The van der Waals surface area contributed by atoms with Crippen molar-refractivity contribution < 1.29 is 5.11 Å². The van der Waals surface area contributed by atoms with Crippen LogP contribution in [0.15, 0.2) is 0 Å². The molecular formula is C10H20O. The molecule has 11 heavy (non-hydrogen) atoms. The lowest BCUT2D eigenvalue weighted by atomic mass is 9.71. The van der Waals surface area contributed by atoms with Crippen LogP contribution in [0.5, 0.6) is 0 Å². The summed E-state index contributed by atoms with van der Waals surface area (Å²) in [4.78, 5) is 0. The Morgan fingerprint density at radius 1 is 1.45 bits per heavy atom. The number of hydrogen-bond acceptors (Lipinski definition) is 1. The van der Waals surface area contributed by atoms with Gasteiger partial charge in [0.1, 0.15) is 0 Å². The Morgan fingerprint density at radius 3 is 2.27 bits per heavy atom. The Labute approximate surface area is 69.8 Å². The van der Waals surface area contributed by atoms with Crippen molar-refractivity contribution in [2.45, 2.75) is 52.1 Å². The molecule has 0 radical (unpaired) electrons. The highest BCUT2D eigenvalue weighted by Crippen LogP contribution is 2.39. The Bertz CT molecular complexity index is 123. The summed E-state index contributed by atoms with van der Waals surface area (Å²) in [6.45, 7) is 6.34. The summed E-state index contributed by atoms with van der Waals surface area (Å²) in [5.41, 5.74) is -0.383. The third-order valence-corrected chi connectivity index (χ3v) is 2.81. The van der Waals surface area contributed by atoms with Crippen LogP contribution >= 0.6 is 0 Å². The minimum atomic E-state index is -0.383. The van der Waals surface area contributed by atoms with E-state index >= 15 is 0 Å². The van der Waals surface area contributed by atoms with E-state index in [1.54, 1.807) is 0 Å². The van der Waals surface area contributed by atoms with E-state index in [0.29, 0.717) is 11.8 Å². The van der Waals surface area contributed by atoms with Crippen LogP contribution in [0.1, 0.15) is 46.5 Å². The Kier molecular flexibility index (Phi) is 2.58. The summed E-state index contributed by atoms with van der Waals surface area (Å²) in [5.74, 6) is 1.20. The van der Waals surface area contributed by atoms with E-state index in [1.165, 1.54) is 19.3 Å². The Morgan fingerprint density at radius 2 is 2.00 bits per heavy atom. The van der Waals surface area contributed by atoms with Gasteiger partial charge in [0.15, 0.2) is 0 Å². The van der Waals surface area contributed by atoms with Crippen molar-refractivity contribution in [2.75, 3.05) is 0 Å². The fourth-order valence-electron chi connectivity index (χ4n) is 2.02. The molecule has 0 aromatic rings. The van der Waals surface area contributed by atoms with Gasteiger partial charge in [0.05, 0.1) is 5.60 Å². The summed E-state index contributed by atoms with van der Waals surface area (Å²) in [6, 6.07) is 0. The number of aliphatic hydroxyl groups is 1. The molecule has 1 fully saturated rings. The second-order valence-corrected chi connectivity index (χ2v) is 4.58. The Balaban J connectivity index is 2.37. The first-order chi connectivity index (χ1) is 5.02. The molecule has 1 aliphatic carbocycles. The molecule has 1 atom stereocenters. The highest BCUT2D eigenvalue weighted by atomic mass is 16.3. The van der Waals surface area contributed by atoms with Crippen molar-refractivity contribution in [3.63, 3.8) is 0 Å². The maximum atomic E-state index is 10.0. The predicted molar refractivity (Wildman–Crippen MR) is 47.4 cm³/mol. The molecule has 0 saturated heterocycles. The summed E-state index contributed by atoms with van der Waals surface area (Å²) < 4.78 is 0. The van der Waals surface area contributed by atoms with Crippen molar-refractivity contribution >= 4 is 0 Å². The molecule has 0 aromatic carbocycles. The molecule has 1 N–H and O–H groups in total. The Hall–Kier alpha value is -0.0400. The fourth-order valence-corrected chi connectivity index (χ4v) is 2.02. The molecule has 0 amide bonds. The molecule has 1 nitrogen and oxygen atoms in total. The van der Waals surface area contributed by atoms with Gasteiger partial charge in [-0.1, -0.05) is 20.3 Å². The minimum absolute atomic E-state index is 0.383. The number of rotatable bonds is 3. The zero-order valence-corrected chi connectivity index (χ0v) is 7.93. The molecule has 0 spiro atoms. The predicted octanol–water partition coefficient (Wildman–Crippen LogP) is 2.58. The van der Waals surface area contributed by atoms with Crippen LogP contribution in [-0.4, -0.2) is 10.7 Å². The second kappa shape index (κ2) is 3.14. The monoisotopic (exact) mass is 156 g/mol. The van der Waals surface area contributed by atoms with Gasteiger partial charge in [0, 0.05) is 0 Å². The van der Waals surface area contributed by atoms with E-state index in [4.69, 9.17) is 0 Å². The first-order valence-corrected chi connectivity index (χ1v) is 4.75. The van der Waals surface area contributed by atoms with Gasteiger partial charge < -0.3 is 5.11 Å². The van der Waals surface area contributed by atoms with E-state index in [0.717, 1.165) is 6.42 Å². The van der Waals surface area contributed by atoms with E-state index in [1.807, 2.05) is 6.92 Å². The molecular weight excluding hydrogens is 136 g/mol. The van der Waals surface area contributed by atoms with Gasteiger partial charge in [-0.25, -0.2) is 0 Å². The van der Waals surface area contributed by atoms with Crippen LogP contribution in [0.4, 0.5) is 0 Å². The summed E-state index contributed by atoms with van der Waals surface area (Å²) >= 11 is 0. The molecule has 1 rings (SSSR count). The van der Waals surface area contributed by atoms with Gasteiger partial charge in [-0.3, -0.25) is 0 Å². The van der Waals surface area contributed by atoms with E-state index in [2.05, 4.69) is 13.8 Å². The van der Waals surface area contributed by atoms with Gasteiger partial charge in [-0.2, -0.15) is 0 Å². The summed E-state index contributed by atoms with van der Waals surface area (Å²) in [5, 5.41) is 10.0. The first-order valence-electron chi connectivity index (χ1n) is 4.75. The molecule has 1 unspecified atom stereocenters. The third-order valence-electron chi connectivity index (χ3n) is 2.81. The van der Waals surface area contributed by atoms with Crippen molar-refractivity contribution in [1.82, 2.24) is 0 Å². The minimum Gasteiger partial charge on any atom is -0.390 e. The first kappa shape index (κ1) is 9.05. The van der Waals surface area contributed by atoms with Crippen LogP contribution in [0.25, 0.3) is 0 Å². The van der Waals surface area contributed by atoms with E-state index in [9.17, 15) is 5.11 Å². The summed E-state index contributed by atoms with van der Waals surface area (Å²) in [6.07, 6.45) is 4.75. The highest BCUT2D eigenvalue weighted by molar-refractivity contribution is 4.87. The van der Waals surface area contributed by atoms with Gasteiger partial charge in [-0.05, 0) is 38.0 Å². The lowest BCUT2D eigenvalue weighted by Gasteiger charge is -2.40. The molecule has 0 aromatic heterocycles. The molecule has 0 bridgehead atoms. The smallest absolute Gasteiger partial charge is 0.0650 e. The largest absolute Gasteiger partial charge is 0.390 e. The van der Waals surface area contributed by atoms with Gasteiger partial charge >= 0.3 is 0 Å². The van der Waals surface area contributed by atoms with Crippen molar-refractivity contribution in [3.8, 4) is 0 Å². The quantitative estimate of drug-likeness (QED) is 0.666. The van der Waals surface area contributed by atoms with Gasteiger partial charge in [0.2, 0.25) is 0 Å². The van der Waals surface area contributed by atoms with Crippen LogP contribution in [0.2, 0.25) is 0 Å². The maximum Gasteiger partial charge on any atom is 0.0650 e. The van der Waals surface area contributed by atoms with Gasteiger partial charge in [0.25, 0.3) is 0 Å². The second-order valence-electron chi connectivity index (χ2n) is 4.58. The van der Waals surface area contributed by atoms with Crippen LogP contribution < -0.4 is 0 Å². The third kappa shape index (κ3) is 2.19. The van der Waals surface area contributed by atoms with E-state index < -0.39 is 0 Å². The van der Waals surface area contributed by atoms with Crippen molar-refractivity contribution in [1.29, 1.82) is 0 Å². The maximum absolute atomic E-state index is 10.0. The molecule has 1 heteroatoms. The lowest BCUT2D eigenvalue weighted by Crippen LogP contribution is -2.39. The molecule has 0 heterocycles. The average molecular weight is 156 g/mol. The van der Waals surface area contributed by atoms with Crippen LogP contribution in [0, 0.1) is 11.8 Å². The van der Waals surface area contributed by atoms with Gasteiger partial charge in [-0.15, -0.1) is 0 Å². The van der Waals surface area contributed by atoms with Crippen LogP contribution in [0.3, 0.4) is 0 Å². The zero-order chi connectivity index (χ0) is 8.48. The normalized spacial score (nSPS) is 24.8. The molecule has 0 aliphatic heterocycles. The topological polar surface area (TPSA) is 20.2 Å². The van der Waals surface area contributed by atoms with Crippen LogP contribution in [-0.2, 0) is 0 Å². The standard InChI is InChI=1S/C10H20O/c1-8(2)7-10(3,11)9-5-4-6-9/h8-9,11H,4-7H2,1-3H3. The molecule has 1 saturated carbocycles. The molecule has 1 aliphatic rings. The molecule has 66 valence electrons. The van der Waals surface area contributed by atoms with E-state index in [-0.39, 0.29) is 5.60 Å². The highest BCUT2D eigenvalue weighted by Gasteiger charge is 2.35. The summed E-state index contributed by atoms with van der Waals surface area (Å²) in [7, 11) is 0. The average Bonchev–Trinajstić information content (AvgIpc) is 1.50. The lowest BCUT2D eigenvalue weighted by molar-refractivity contribution is -0.0495. The van der Waals surface area contributed by atoms with Crippen molar-refractivity contribution in [2.24, 2.45) is 11.8 Å². The van der Waals surface area contributed by atoms with Crippen molar-refractivity contribution in [3.05, 3.63) is 0 Å².